The fourth-order valence-corrected chi connectivity index (χ4v) is 3.61. The number of thioether (sulfide) groups is 1. The molecular weight excluding hydrogens is 326 g/mol. The van der Waals surface area contributed by atoms with Crippen molar-refractivity contribution in [2.45, 2.75) is 36.3 Å². The summed E-state index contributed by atoms with van der Waals surface area (Å²) < 4.78 is 0. The van der Waals surface area contributed by atoms with E-state index in [4.69, 9.17) is 10.4 Å². The molecule has 2 N–H and O–H groups in total. The van der Waals surface area contributed by atoms with E-state index in [1.54, 1.807) is 4.90 Å². The second-order valence-electron chi connectivity index (χ2n) is 5.84. The molecule has 0 bridgehead atoms. The Kier molecular flexibility index (Phi) is 6.50. The number of rotatable bonds is 5. The summed E-state index contributed by atoms with van der Waals surface area (Å²) in [6, 6.07) is 9.32. The zero-order valence-corrected chi connectivity index (χ0v) is 14.4. The van der Waals surface area contributed by atoms with Crippen molar-refractivity contribution in [3.05, 3.63) is 24.3 Å². The molecule has 2 amide bonds. The number of benzene rings is 1. The summed E-state index contributed by atoms with van der Waals surface area (Å²) in [6.45, 7) is 2.77. The predicted octanol–water partition coefficient (Wildman–Crippen LogP) is 3.41. The highest BCUT2D eigenvalue weighted by molar-refractivity contribution is 8.00. The molecular formula is C17H21N3O3S. The lowest BCUT2D eigenvalue weighted by atomic mass is 9.99. The van der Waals surface area contributed by atoms with Crippen LogP contribution in [0.3, 0.4) is 0 Å². The minimum absolute atomic E-state index is 0.124. The standard InChI is InChI=1S/C17H21N3O3S/c1-12(8-9-18)24-15-7-3-2-6-14(15)19-17(23)20-10-4-5-13(11-20)16(21)22/h2-3,6-7,12-13H,4-5,8,10-11H2,1H3,(H,19,23)(H,21,22). The molecule has 0 aromatic heterocycles. The van der Waals surface area contributed by atoms with Crippen LogP contribution in [0.1, 0.15) is 26.2 Å². The number of anilines is 1. The van der Waals surface area contributed by atoms with Crippen LogP contribution in [0.5, 0.6) is 0 Å². The van der Waals surface area contributed by atoms with E-state index in [1.165, 1.54) is 11.8 Å². The number of amides is 2. The number of carboxylic acid groups (broad SMARTS) is 1. The number of carbonyl (C=O) groups excluding carboxylic acids is 1. The van der Waals surface area contributed by atoms with Crippen molar-refractivity contribution in [1.82, 2.24) is 4.90 Å². The fourth-order valence-electron chi connectivity index (χ4n) is 2.62. The molecule has 0 spiro atoms. The van der Waals surface area contributed by atoms with Gasteiger partial charge < -0.3 is 15.3 Å². The zero-order chi connectivity index (χ0) is 17.5. The van der Waals surface area contributed by atoms with E-state index in [9.17, 15) is 9.59 Å². The minimum Gasteiger partial charge on any atom is -0.481 e. The summed E-state index contributed by atoms with van der Waals surface area (Å²) >= 11 is 1.54. The number of piperidine rings is 1. The predicted molar refractivity (Wildman–Crippen MR) is 92.9 cm³/mol. The van der Waals surface area contributed by atoms with E-state index in [2.05, 4.69) is 11.4 Å². The van der Waals surface area contributed by atoms with Gasteiger partial charge in [0.15, 0.2) is 0 Å². The Morgan fingerprint density at radius 3 is 2.96 bits per heavy atom. The maximum Gasteiger partial charge on any atom is 0.321 e. The first-order valence-electron chi connectivity index (χ1n) is 7.92. The van der Waals surface area contributed by atoms with Crippen LogP contribution in [0.4, 0.5) is 10.5 Å². The normalized spacial score (nSPS) is 18.5. The molecule has 1 aliphatic rings. The van der Waals surface area contributed by atoms with Gasteiger partial charge in [0.2, 0.25) is 0 Å². The highest BCUT2D eigenvalue weighted by atomic mass is 32.2. The number of hydrogen-bond acceptors (Lipinski definition) is 4. The highest BCUT2D eigenvalue weighted by Crippen LogP contribution is 2.32. The van der Waals surface area contributed by atoms with E-state index in [-0.39, 0.29) is 17.8 Å². The number of hydrogen-bond donors (Lipinski definition) is 2. The molecule has 2 unspecified atom stereocenters. The van der Waals surface area contributed by atoms with Crippen LogP contribution in [0, 0.1) is 17.2 Å². The molecule has 24 heavy (non-hydrogen) atoms. The van der Waals surface area contributed by atoms with Crippen LogP contribution in [0.25, 0.3) is 0 Å². The van der Waals surface area contributed by atoms with Gasteiger partial charge in [-0.1, -0.05) is 19.1 Å². The fraction of sp³-hybridized carbons (Fsp3) is 0.471. The molecule has 6 nitrogen and oxygen atoms in total. The smallest absolute Gasteiger partial charge is 0.321 e. The third-order valence-corrected chi connectivity index (χ3v) is 5.07. The molecule has 1 fully saturated rings. The van der Waals surface area contributed by atoms with E-state index in [0.717, 1.165) is 4.90 Å². The van der Waals surface area contributed by atoms with Gasteiger partial charge >= 0.3 is 12.0 Å². The van der Waals surface area contributed by atoms with Gasteiger partial charge in [0.1, 0.15) is 0 Å². The SMILES string of the molecule is CC(CC#N)Sc1ccccc1NC(=O)N1CCCC(C(=O)O)C1. The molecule has 1 aliphatic heterocycles. The van der Waals surface area contributed by atoms with Gasteiger partial charge in [0.05, 0.1) is 17.7 Å². The second kappa shape index (κ2) is 8.60. The number of para-hydroxylation sites is 1. The van der Waals surface area contributed by atoms with Crippen LogP contribution in [0.2, 0.25) is 0 Å². The maximum atomic E-state index is 12.5. The molecule has 0 aliphatic carbocycles. The van der Waals surface area contributed by atoms with Gasteiger partial charge in [0, 0.05) is 29.7 Å². The lowest BCUT2D eigenvalue weighted by molar-refractivity contribution is -0.143. The number of urea groups is 1. The first-order chi connectivity index (χ1) is 11.5. The third kappa shape index (κ3) is 4.90. The van der Waals surface area contributed by atoms with Crippen molar-refractivity contribution >= 4 is 29.4 Å². The summed E-state index contributed by atoms with van der Waals surface area (Å²) in [4.78, 5) is 26.1. The summed E-state index contributed by atoms with van der Waals surface area (Å²) in [5.41, 5.74) is 0.690. The third-order valence-electron chi connectivity index (χ3n) is 3.89. The van der Waals surface area contributed by atoms with Crippen LogP contribution in [-0.2, 0) is 4.79 Å². The van der Waals surface area contributed by atoms with Crippen LogP contribution < -0.4 is 5.32 Å². The van der Waals surface area contributed by atoms with Crippen molar-refractivity contribution in [2.24, 2.45) is 5.92 Å². The Bertz CT molecular complexity index is 644. The van der Waals surface area contributed by atoms with Gasteiger partial charge in [-0.05, 0) is 25.0 Å². The molecule has 1 aromatic carbocycles. The first-order valence-corrected chi connectivity index (χ1v) is 8.80. The number of nitrogens with zero attached hydrogens (tertiary/aromatic N) is 2. The maximum absolute atomic E-state index is 12.5. The molecule has 2 rings (SSSR count). The highest BCUT2D eigenvalue weighted by Gasteiger charge is 2.28. The summed E-state index contributed by atoms with van der Waals surface area (Å²) in [5.74, 6) is -1.35. The van der Waals surface area contributed by atoms with Gasteiger partial charge in [-0.25, -0.2) is 4.79 Å². The number of nitriles is 1. The Morgan fingerprint density at radius 2 is 2.25 bits per heavy atom. The Hall–Kier alpha value is -2.20. The molecule has 0 radical (unpaired) electrons. The van der Waals surface area contributed by atoms with Crippen LogP contribution >= 0.6 is 11.8 Å². The average molecular weight is 347 g/mol. The van der Waals surface area contributed by atoms with Crippen molar-refractivity contribution in [2.75, 3.05) is 18.4 Å². The number of carboxylic acids is 1. The number of likely N-dealkylation sites (tertiary alicyclic amines) is 1. The zero-order valence-electron chi connectivity index (χ0n) is 13.6. The van der Waals surface area contributed by atoms with Gasteiger partial charge in [-0.3, -0.25) is 4.79 Å². The molecule has 0 saturated carbocycles. The van der Waals surface area contributed by atoms with Gasteiger partial charge in [-0.2, -0.15) is 5.26 Å². The van der Waals surface area contributed by atoms with Crippen LogP contribution in [-0.4, -0.2) is 40.3 Å². The van der Waals surface area contributed by atoms with E-state index < -0.39 is 11.9 Å². The van der Waals surface area contributed by atoms with Crippen LogP contribution in [0.15, 0.2) is 29.2 Å². The molecule has 1 saturated heterocycles. The number of aliphatic carboxylic acids is 1. The second-order valence-corrected chi connectivity index (χ2v) is 7.32. The minimum atomic E-state index is -0.853. The van der Waals surface area contributed by atoms with E-state index in [0.29, 0.717) is 31.5 Å². The largest absolute Gasteiger partial charge is 0.481 e. The topological polar surface area (TPSA) is 93.4 Å². The first kappa shape index (κ1) is 18.1. The van der Waals surface area contributed by atoms with Crippen molar-refractivity contribution in [3.63, 3.8) is 0 Å². The Labute approximate surface area is 145 Å². The molecule has 1 heterocycles. The summed E-state index contributed by atoms with van der Waals surface area (Å²) in [6.07, 6.45) is 1.73. The van der Waals surface area contributed by atoms with Crippen molar-refractivity contribution < 1.29 is 14.7 Å². The Balaban J connectivity index is 2.03. The molecule has 128 valence electrons. The molecule has 7 heteroatoms. The lowest BCUT2D eigenvalue weighted by Gasteiger charge is -2.31. The Morgan fingerprint density at radius 1 is 1.50 bits per heavy atom. The summed E-state index contributed by atoms with van der Waals surface area (Å²) in [7, 11) is 0. The monoisotopic (exact) mass is 347 g/mol. The number of nitrogens with one attached hydrogen (secondary N) is 1. The number of carbonyl (C=O) groups is 2. The summed E-state index contributed by atoms with van der Waals surface area (Å²) in [5, 5.41) is 20.9. The average Bonchev–Trinajstić information content (AvgIpc) is 2.57. The molecule has 2 atom stereocenters. The van der Waals surface area contributed by atoms with E-state index in [1.807, 2.05) is 31.2 Å². The van der Waals surface area contributed by atoms with Crippen molar-refractivity contribution in [3.8, 4) is 6.07 Å². The molecule has 1 aromatic rings. The van der Waals surface area contributed by atoms with Gasteiger partial charge in [0.25, 0.3) is 0 Å². The van der Waals surface area contributed by atoms with E-state index >= 15 is 0 Å². The van der Waals surface area contributed by atoms with Crippen molar-refractivity contribution in [1.29, 1.82) is 5.26 Å². The van der Waals surface area contributed by atoms with Gasteiger partial charge in [-0.15, -0.1) is 11.8 Å². The quantitative estimate of drug-likeness (QED) is 0.796. The lowest BCUT2D eigenvalue weighted by Crippen LogP contribution is -2.44.